The average molecular weight is 424 g/mol. The normalized spacial score (nSPS) is 20.7. The summed E-state index contributed by atoms with van der Waals surface area (Å²) in [5.41, 5.74) is -1.72. The molecule has 0 aliphatic carbocycles. The summed E-state index contributed by atoms with van der Waals surface area (Å²) in [7, 11) is -4.32. The third-order valence-electron chi connectivity index (χ3n) is 4.61. The Hall–Kier alpha value is -2.79. The van der Waals surface area contributed by atoms with E-state index >= 15 is 4.39 Å². The Morgan fingerprint density at radius 1 is 1.17 bits per heavy atom. The average Bonchev–Trinajstić information content (AvgIpc) is 3.19. The molecule has 1 fully saturated rings. The maximum Gasteiger partial charge on any atom is 0.266 e. The van der Waals surface area contributed by atoms with E-state index in [1.807, 2.05) is 0 Å². The highest BCUT2D eigenvalue weighted by Gasteiger charge is 2.46. The van der Waals surface area contributed by atoms with E-state index < -0.39 is 38.8 Å². The Balaban J connectivity index is 1.63. The minimum Gasteiger partial charge on any atom is -0.335 e. The molecule has 0 amide bonds. The van der Waals surface area contributed by atoms with Crippen LogP contribution in [0.5, 0.6) is 0 Å². The van der Waals surface area contributed by atoms with Crippen molar-refractivity contribution in [1.82, 2.24) is 19.4 Å². The molecule has 3 heterocycles. The first-order valence-corrected chi connectivity index (χ1v) is 10.1. The summed E-state index contributed by atoms with van der Waals surface area (Å²) in [5.74, 6) is -2.31. The van der Waals surface area contributed by atoms with Crippen LogP contribution < -0.4 is 0 Å². The molecule has 11 heteroatoms. The van der Waals surface area contributed by atoms with Crippen LogP contribution in [0.4, 0.5) is 13.2 Å². The first-order chi connectivity index (χ1) is 13.8. The predicted octanol–water partition coefficient (Wildman–Crippen LogP) is 3.06. The number of nitrogens with zero attached hydrogens (tertiary/aromatic N) is 4. The standard InChI is InChI=1S/C18H15F3N4O3S/c19-13-7-14(20)9-15(8-13)29(26,27)25-6-2-4-18(21,11-25)17-23-16(24-28-17)12-3-1-5-22-10-12/h1,3,5,7-10H,2,4,6,11H2. The molecule has 4 rings (SSSR count). The fourth-order valence-electron chi connectivity index (χ4n) is 3.20. The molecule has 0 radical (unpaired) electrons. The van der Waals surface area contributed by atoms with Crippen LogP contribution in [0.15, 0.2) is 52.1 Å². The van der Waals surface area contributed by atoms with E-state index in [-0.39, 0.29) is 31.1 Å². The maximum absolute atomic E-state index is 15.6. The van der Waals surface area contributed by atoms with Gasteiger partial charge in [0.15, 0.2) is 0 Å². The van der Waals surface area contributed by atoms with Gasteiger partial charge in [-0.1, -0.05) is 5.16 Å². The van der Waals surface area contributed by atoms with Crippen molar-refractivity contribution in [3.63, 3.8) is 0 Å². The molecule has 0 spiro atoms. The molecule has 3 aromatic rings. The van der Waals surface area contributed by atoms with Gasteiger partial charge >= 0.3 is 0 Å². The van der Waals surface area contributed by atoms with Crippen molar-refractivity contribution in [2.45, 2.75) is 23.4 Å². The smallest absolute Gasteiger partial charge is 0.266 e. The molecular formula is C18H15F3N4O3S. The van der Waals surface area contributed by atoms with E-state index in [1.54, 1.807) is 18.3 Å². The summed E-state index contributed by atoms with van der Waals surface area (Å²) < 4.78 is 74.0. The van der Waals surface area contributed by atoms with Crippen LogP contribution in [0, 0.1) is 11.6 Å². The van der Waals surface area contributed by atoms with Crippen LogP contribution in [0.2, 0.25) is 0 Å². The van der Waals surface area contributed by atoms with E-state index in [0.717, 1.165) is 4.31 Å². The van der Waals surface area contributed by atoms with Crippen LogP contribution in [0.1, 0.15) is 18.7 Å². The van der Waals surface area contributed by atoms with Gasteiger partial charge in [-0.15, -0.1) is 0 Å². The van der Waals surface area contributed by atoms with Gasteiger partial charge in [0.25, 0.3) is 5.89 Å². The minimum absolute atomic E-state index is 0.00423. The summed E-state index contributed by atoms with van der Waals surface area (Å²) in [6, 6.07) is 5.28. The number of halogens is 3. The Kier molecular flexibility index (Phi) is 4.87. The number of aromatic nitrogens is 3. The van der Waals surface area contributed by atoms with Crippen LogP contribution >= 0.6 is 0 Å². The van der Waals surface area contributed by atoms with Gasteiger partial charge in [-0.05, 0) is 37.1 Å². The highest BCUT2D eigenvalue weighted by atomic mass is 32.2. The van der Waals surface area contributed by atoms with Gasteiger partial charge in [0.2, 0.25) is 21.5 Å². The SMILES string of the molecule is O=S(=O)(c1cc(F)cc(F)c1)N1CCCC(F)(c2nc(-c3cccnc3)no2)C1. The summed E-state index contributed by atoms with van der Waals surface area (Å²) in [4.78, 5) is 7.40. The van der Waals surface area contributed by atoms with Crippen molar-refractivity contribution in [1.29, 1.82) is 0 Å². The quantitative estimate of drug-likeness (QED) is 0.640. The van der Waals surface area contributed by atoms with Crippen molar-refractivity contribution in [2.75, 3.05) is 13.1 Å². The molecule has 7 nitrogen and oxygen atoms in total. The molecule has 1 atom stereocenters. The molecular weight excluding hydrogens is 409 g/mol. The monoisotopic (exact) mass is 424 g/mol. The van der Waals surface area contributed by atoms with Crippen molar-refractivity contribution >= 4 is 10.0 Å². The van der Waals surface area contributed by atoms with Gasteiger partial charge in [0.05, 0.1) is 11.4 Å². The van der Waals surface area contributed by atoms with Crippen molar-refractivity contribution < 1.29 is 26.1 Å². The molecule has 1 aliphatic heterocycles. The minimum atomic E-state index is -4.32. The summed E-state index contributed by atoms with van der Waals surface area (Å²) in [6.07, 6.45) is 3.17. The second-order valence-corrected chi connectivity index (χ2v) is 8.62. The predicted molar refractivity (Wildman–Crippen MR) is 94.7 cm³/mol. The Morgan fingerprint density at radius 3 is 2.62 bits per heavy atom. The Morgan fingerprint density at radius 2 is 1.93 bits per heavy atom. The third-order valence-corrected chi connectivity index (χ3v) is 6.43. The molecule has 2 aromatic heterocycles. The molecule has 1 unspecified atom stereocenters. The first-order valence-electron chi connectivity index (χ1n) is 8.68. The fraction of sp³-hybridized carbons (Fsp3) is 0.278. The Bertz CT molecular complexity index is 1120. The maximum atomic E-state index is 15.6. The molecule has 0 bridgehead atoms. The van der Waals surface area contributed by atoms with Gasteiger partial charge in [-0.3, -0.25) is 4.98 Å². The Labute approximate surface area is 164 Å². The summed E-state index contributed by atoms with van der Waals surface area (Å²) >= 11 is 0. The van der Waals surface area contributed by atoms with E-state index in [1.165, 1.54) is 6.20 Å². The lowest BCUT2D eigenvalue weighted by Gasteiger charge is -2.34. The lowest BCUT2D eigenvalue weighted by Crippen LogP contribution is -2.46. The molecule has 152 valence electrons. The van der Waals surface area contributed by atoms with E-state index in [0.29, 0.717) is 23.8 Å². The molecule has 0 saturated carbocycles. The second kappa shape index (κ2) is 7.23. The van der Waals surface area contributed by atoms with Crippen LogP contribution in [-0.2, 0) is 15.7 Å². The van der Waals surface area contributed by atoms with Gasteiger partial charge < -0.3 is 4.52 Å². The number of hydrogen-bond donors (Lipinski definition) is 0. The molecule has 1 aliphatic rings. The topological polar surface area (TPSA) is 89.2 Å². The van der Waals surface area contributed by atoms with Gasteiger partial charge in [0, 0.05) is 30.6 Å². The molecule has 1 saturated heterocycles. The zero-order valence-corrected chi connectivity index (χ0v) is 15.7. The van der Waals surface area contributed by atoms with Crippen LogP contribution in [0.3, 0.4) is 0 Å². The number of pyridine rings is 1. The van der Waals surface area contributed by atoms with Gasteiger partial charge in [0.1, 0.15) is 11.6 Å². The largest absolute Gasteiger partial charge is 0.335 e. The fourth-order valence-corrected chi connectivity index (χ4v) is 4.76. The molecule has 29 heavy (non-hydrogen) atoms. The van der Waals surface area contributed by atoms with Crippen LogP contribution in [-0.4, -0.2) is 40.9 Å². The van der Waals surface area contributed by atoms with Crippen molar-refractivity contribution in [3.05, 3.63) is 60.3 Å². The van der Waals surface area contributed by atoms with Gasteiger partial charge in [-0.25, -0.2) is 21.6 Å². The summed E-state index contributed by atoms with van der Waals surface area (Å²) in [6.45, 7) is -0.613. The van der Waals surface area contributed by atoms with Crippen molar-refractivity contribution in [3.8, 4) is 11.4 Å². The molecule has 1 aromatic carbocycles. The van der Waals surface area contributed by atoms with E-state index in [2.05, 4.69) is 15.1 Å². The molecule has 0 N–H and O–H groups in total. The zero-order chi connectivity index (χ0) is 20.6. The summed E-state index contributed by atoms with van der Waals surface area (Å²) in [5, 5.41) is 3.74. The highest BCUT2D eigenvalue weighted by molar-refractivity contribution is 7.89. The number of rotatable bonds is 4. The number of benzene rings is 1. The zero-order valence-electron chi connectivity index (χ0n) is 14.9. The highest BCUT2D eigenvalue weighted by Crippen LogP contribution is 2.37. The lowest BCUT2D eigenvalue weighted by atomic mass is 9.96. The third kappa shape index (κ3) is 3.75. The number of piperidine rings is 1. The number of alkyl halides is 1. The van der Waals surface area contributed by atoms with E-state index in [9.17, 15) is 17.2 Å². The number of hydrogen-bond acceptors (Lipinski definition) is 6. The van der Waals surface area contributed by atoms with Gasteiger partial charge in [-0.2, -0.15) is 9.29 Å². The first kappa shape index (κ1) is 19.5. The lowest BCUT2D eigenvalue weighted by molar-refractivity contribution is 0.0470. The second-order valence-electron chi connectivity index (χ2n) is 6.68. The van der Waals surface area contributed by atoms with Crippen LogP contribution in [0.25, 0.3) is 11.4 Å². The van der Waals surface area contributed by atoms with E-state index in [4.69, 9.17) is 4.52 Å². The number of sulfonamides is 1. The van der Waals surface area contributed by atoms with Crippen molar-refractivity contribution in [2.24, 2.45) is 0 Å².